The number of rotatable bonds is 11. The molecular weight excluding hydrogens is 242 g/mol. The van der Waals surface area contributed by atoms with Crippen LogP contribution < -0.4 is 5.32 Å². The lowest BCUT2D eigenvalue weighted by Gasteiger charge is -2.34. The van der Waals surface area contributed by atoms with Crippen LogP contribution in [0.1, 0.15) is 71.3 Å². The van der Waals surface area contributed by atoms with Crippen LogP contribution in [-0.2, 0) is 5.41 Å². The maximum absolute atomic E-state index is 3.67. The Morgan fingerprint density at radius 1 is 0.900 bits per heavy atom. The lowest BCUT2D eigenvalue weighted by molar-refractivity contribution is 0.340. The van der Waals surface area contributed by atoms with Gasteiger partial charge in [0.05, 0.1) is 0 Å². The number of nitrogens with one attached hydrogen (secondary N) is 1. The van der Waals surface area contributed by atoms with Crippen molar-refractivity contribution in [2.45, 2.75) is 71.1 Å². The second-order valence-electron chi connectivity index (χ2n) is 5.99. The van der Waals surface area contributed by atoms with Crippen molar-refractivity contribution in [1.82, 2.24) is 5.32 Å². The van der Waals surface area contributed by atoms with E-state index in [1.165, 1.54) is 50.5 Å². The molecule has 0 amide bonds. The summed E-state index contributed by atoms with van der Waals surface area (Å²) in [5.74, 6) is 0. The fourth-order valence-electron chi connectivity index (χ4n) is 3.03. The Labute approximate surface area is 126 Å². The topological polar surface area (TPSA) is 12.0 Å². The molecule has 1 aromatic rings. The van der Waals surface area contributed by atoms with Gasteiger partial charge in [0.2, 0.25) is 0 Å². The Morgan fingerprint density at radius 3 is 2.25 bits per heavy atom. The molecule has 0 heterocycles. The average Bonchev–Trinajstić information content (AvgIpc) is 2.51. The Balaban J connectivity index is 2.74. The van der Waals surface area contributed by atoms with E-state index in [4.69, 9.17) is 0 Å². The van der Waals surface area contributed by atoms with Crippen molar-refractivity contribution in [3.05, 3.63) is 35.9 Å². The Morgan fingerprint density at radius 2 is 1.65 bits per heavy atom. The summed E-state index contributed by atoms with van der Waals surface area (Å²) in [6, 6.07) is 11.1. The van der Waals surface area contributed by atoms with E-state index in [-0.39, 0.29) is 0 Å². The second kappa shape index (κ2) is 9.99. The predicted octanol–water partition coefficient (Wildman–Crippen LogP) is 5.30. The fraction of sp³-hybridized carbons (Fsp3) is 0.684. The molecule has 0 aliphatic rings. The first kappa shape index (κ1) is 17.2. The van der Waals surface area contributed by atoms with E-state index in [1.807, 2.05) is 0 Å². The predicted molar refractivity (Wildman–Crippen MR) is 90.3 cm³/mol. The monoisotopic (exact) mass is 275 g/mol. The minimum Gasteiger partial charge on any atom is -0.316 e. The molecule has 0 bridgehead atoms. The highest BCUT2D eigenvalue weighted by molar-refractivity contribution is 5.25. The standard InChI is InChI=1S/C19H33N/c1-4-7-8-12-15-19(6-3,17-20-16-5-2)18-13-10-9-11-14-18/h9-11,13-14,20H,4-8,12,15-17H2,1-3H3. The van der Waals surface area contributed by atoms with Crippen LogP contribution in [0.5, 0.6) is 0 Å². The summed E-state index contributed by atoms with van der Waals surface area (Å²) in [4.78, 5) is 0. The molecular formula is C19H33N. The number of unbranched alkanes of at least 4 members (excludes halogenated alkanes) is 3. The molecule has 0 aromatic heterocycles. The van der Waals surface area contributed by atoms with E-state index < -0.39 is 0 Å². The molecule has 1 nitrogen and oxygen atoms in total. The van der Waals surface area contributed by atoms with E-state index in [0.29, 0.717) is 5.41 Å². The van der Waals surface area contributed by atoms with Gasteiger partial charge in [0.15, 0.2) is 0 Å². The summed E-state index contributed by atoms with van der Waals surface area (Å²) in [5, 5.41) is 3.67. The number of benzene rings is 1. The van der Waals surface area contributed by atoms with Gasteiger partial charge < -0.3 is 5.32 Å². The van der Waals surface area contributed by atoms with Crippen LogP contribution in [0.15, 0.2) is 30.3 Å². The zero-order chi connectivity index (χ0) is 14.7. The summed E-state index contributed by atoms with van der Waals surface area (Å²) in [5.41, 5.74) is 1.84. The molecule has 114 valence electrons. The van der Waals surface area contributed by atoms with Gasteiger partial charge in [-0.05, 0) is 31.4 Å². The quantitative estimate of drug-likeness (QED) is 0.540. The second-order valence-corrected chi connectivity index (χ2v) is 5.99. The molecule has 20 heavy (non-hydrogen) atoms. The van der Waals surface area contributed by atoms with Crippen LogP contribution in [0.2, 0.25) is 0 Å². The molecule has 1 aromatic carbocycles. The third kappa shape index (κ3) is 5.28. The molecule has 1 N–H and O–H groups in total. The van der Waals surface area contributed by atoms with E-state index in [9.17, 15) is 0 Å². The first-order chi connectivity index (χ1) is 9.79. The van der Waals surface area contributed by atoms with Crippen LogP contribution in [0.25, 0.3) is 0 Å². The van der Waals surface area contributed by atoms with Crippen molar-refractivity contribution < 1.29 is 0 Å². The molecule has 1 rings (SSSR count). The average molecular weight is 275 g/mol. The molecule has 1 heteroatoms. The summed E-state index contributed by atoms with van der Waals surface area (Å²) < 4.78 is 0. The van der Waals surface area contributed by atoms with Gasteiger partial charge in [-0.2, -0.15) is 0 Å². The van der Waals surface area contributed by atoms with Crippen molar-refractivity contribution in [3.63, 3.8) is 0 Å². The zero-order valence-corrected chi connectivity index (χ0v) is 13.8. The van der Waals surface area contributed by atoms with Crippen molar-refractivity contribution >= 4 is 0 Å². The van der Waals surface area contributed by atoms with Gasteiger partial charge in [-0.1, -0.05) is 76.8 Å². The highest BCUT2D eigenvalue weighted by Crippen LogP contribution is 2.33. The lowest BCUT2D eigenvalue weighted by atomic mass is 9.74. The van der Waals surface area contributed by atoms with Gasteiger partial charge in [-0.25, -0.2) is 0 Å². The first-order valence-electron chi connectivity index (χ1n) is 8.55. The lowest BCUT2D eigenvalue weighted by Crippen LogP contribution is -2.38. The summed E-state index contributed by atoms with van der Waals surface area (Å²) in [7, 11) is 0. The van der Waals surface area contributed by atoms with E-state index in [1.54, 1.807) is 0 Å². The molecule has 0 aliphatic carbocycles. The van der Waals surface area contributed by atoms with Crippen molar-refractivity contribution in [2.75, 3.05) is 13.1 Å². The van der Waals surface area contributed by atoms with Crippen LogP contribution in [0.3, 0.4) is 0 Å². The summed E-state index contributed by atoms with van der Waals surface area (Å²) >= 11 is 0. The van der Waals surface area contributed by atoms with Crippen molar-refractivity contribution in [3.8, 4) is 0 Å². The summed E-state index contributed by atoms with van der Waals surface area (Å²) in [6.45, 7) is 9.12. The van der Waals surface area contributed by atoms with Crippen LogP contribution in [-0.4, -0.2) is 13.1 Å². The maximum atomic E-state index is 3.67. The fourth-order valence-corrected chi connectivity index (χ4v) is 3.03. The Kier molecular flexibility index (Phi) is 8.60. The van der Waals surface area contributed by atoms with Gasteiger partial charge in [-0.3, -0.25) is 0 Å². The van der Waals surface area contributed by atoms with Crippen molar-refractivity contribution in [2.24, 2.45) is 0 Å². The van der Waals surface area contributed by atoms with Crippen LogP contribution in [0, 0.1) is 0 Å². The molecule has 0 fully saturated rings. The molecule has 0 radical (unpaired) electrons. The number of hydrogen-bond acceptors (Lipinski definition) is 1. The molecule has 0 spiro atoms. The SMILES string of the molecule is CCCCCCC(CC)(CNCCC)c1ccccc1. The zero-order valence-electron chi connectivity index (χ0n) is 13.8. The van der Waals surface area contributed by atoms with Gasteiger partial charge in [-0.15, -0.1) is 0 Å². The van der Waals surface area contributed by atoms with Crippen LogP contribution in [0.4, 0.5) is 0 Å². The van der Waals surface area contributed by atoms with Gasteiger partial charge in [0.1, 0.15) is 0 Å². The minimum absolute atomic E-state index is 0.324. The summed E-state index contributed by atoms with van der Waals surface area (Å²) in [6.07, 6.45) is 9.16. The van der Waals surface area contributed by atoms with Gasteiger partial charge in [0.25, 0.3) is 0 Å². The maximum Gasteiger partial charge on any atom is 0.00751 e. The Hall–Kier alpha value is -0.820. The van der Waals surface area contributed by atoms with Gasteiger partial charge >= 0.3 is 0 Å². The van der Waals surface area contributed by atoms with E-state index >= 15 is 0 Å². The smallest absolute Gasteiger partial charge is 0.00751 e. The molecule has 1 unspecified atom stereocenters. The molecule has 0 aliphatic heterocycles. The first-order valence-corrected chi connectivity index (χ1v) is 8.55. The number of hydrogen-bond donors (Lipinski definition) is 1. The molecule has 0 saturated heterocycles. The van der Waals surface area contributed by atoms with Gasteiger partial charge in [0, 0.05) is 12.0 Å². The van der Waals surface area contributed by atoms with Crippen molar-refractivity contribution in [1.29, 1.82) is 0 Å². The Bertz CT molecular complexity index is 333. The minimum atomic E-state index is 0.324. The third-order valence-corrected chi connectivity index (χ3v) is 4.46. The molecule has 0 saturated carbocycles. The normalized spacial score (nSPS) is 14.2. The van der Waals surface area contributed by atoms with Crippen LogP contribution >= 0.6 is 0 Å². The highest BCUT2D eigenvalue weighted by Gasteiger charge is 2.29. The third-order valence-electron chi connectivity index (χ3n) is 4.46. The highest BCUT2D eigenvalue weighted by atomic mass is 14.9. The largest absolute Gasteiger partial charge is 0.316 e. The molecule has 1 atom stereocenters. The van der Waals surface area contributed by atoms with E-state index in [0.717, 1.165) is 13.1 Å². The van der Waals surface area contributed by atoms with E-state index in [2.05, 4.69) is 56.4 Å².